The summed E-state index contributed by atoms with van der Waals surface area (Å²) in [6.45, 7) is 5.63. The van der Waals surface area contributed by atoms with Crippen LogP contribution < -0.4 is 0 Å². The summed E-state index contributed by atoms with van der Waals surface area (Å²) in [5.41, 5.74) is 0.514. The van der Waals surface area contributed by atoms with Gasteiger partial charge in [-0.3, -0.25) is 5.41 Å². The summed E-state index contributed by atoms with van der Waals surface area (Å²) in [7, 11) is 0. The van der Waals surface area contributed by atoms with Crippen LogP contribution in [-0.2, 0) is 9.53 Å². The quantitative estimate of drug-likeness (QED) is 0.361. The minimum absolute atomic E-state index is 0.0122. The van der Waals surface area contributed by atoms with Crippen LogP contribution in [0.4, 0.5) is 0 Å². The summed E-state index contributed by atoms with van der Waals surface area (Å²) in [5.74, 6) is -0.933. The molecule has 0 aliphatic heterocycles. The van der Waals surface area contributed by atoms with Crippen LogP contribution in [0.2, 0.25) is 0 Å². The molecule has 4 nitrogen and oxygen atoms in total. The first-order valence-corrected chi connectivity index (χ1v) is 6.77. The zero-order chi connectivity index (χ0) is 15.1. The molecule has 0 aliphatic rings. The zero-order valence-electron chi connectivity index (χ0n) is 12.1. The summed E-state index contributed by atoms with van der Waals surface area (Å²) in [4.78, 5) is 12.0. The lowest BCUT2D eigenvalue weighted by molar-refractivity contribution is -0.138. The van der Waals surface area contributed by atoms with Crippen molar-refractivity contribution in [2.75, 3.05) is 6.61 Å². The van der Waals surface area contributed by atoms with Gasteiger partial charge in [-0.05, 0) is 13.3 Å². The van der Waals surface area contributed by atoms with Gasteiger partial charge in [0.1, 0.15) is 11.3 Å². The molecule has 0 aromatic heterocycles. The van der Waals surface area contributed by atoms with Crippen molar-refractivity contribution in [2.24, 2.45) is 5.92 Å². The first kappa shape index (κ1) is 16.0. The maximum Gasteiger partial charge on any atom is 0.343 e. The van der Waals surface area contributed by atoms with E-state index in [-0.39, 0.29) is 29.6 Å². The molecule has 1 atom stereocenters. The lowest BCUT2D eigenvalue weighted by Crippen LogP contribution is -2.20. The van der Waals surface area contributed by atoms with Gasteiger partial charge in [0.05, 0.1) is 12.3 Å². The van der Waals surface area contributed by atoms with E-state index in [2.05, 4.69) is 0 Å². The second kappa shape index (κ2) is 7.48. The third-order valence-electron chi connectivity index (χ3n) is 3.13. The highest BCUT2D eigenvalue weighted by Crippen LogP contribution is 2.20. The predicted molar refractivity (Wildman–Crippen MR) is 79.0 cm³/mol. The van der Waals surface area contributed by atoms with Crippen LogP contribution in [0.3, 0.4) is 0 Å². The molecule has 4 heteroatoms. The van der Waals surface area contributed by atoms with Gasteiger partial charge in [0.15, 0.2) is 0 Å². The smallest absolute Gasteiger partial charge is 0.343 e. The van der Waals surface area contributed by atoms with Crippen LogP contribution in [0.15, 0.2) is 41.7 Å². The van der Waals surface area contributed by atoms with Crippen molar-refractivity contribution < 1.29 is 14.6 Å². The van der Waals surface area contributed by atoms with Gasteiger partial charge in [-0.1, -0.05) is 44.2 Å². The summed E-state index contributed by atoms with van der Waals surface area (Å²) in [5, 5.41) is 18.4. The Labute approximate surface area is 119 Å². The van der Waals surface area contributed by atoms with Gasteiger partial charge in [-0.25, -0.2) is 4.79 Å². The summed E-state index contributed by atoms with van der Waals surface area (Å²) < 4.78 is 4.96. The van der Waals surface area contributed by atoms with Gasteiger partial charge < -0.3 is 9.84 Å². The third-order valence-corrected chi connectivity index (χ3v) is 3.13. The molecule has 0 radical (unpaired) electrons. The zero-order valence-corrected chi connectivity index (χ0v) is 12.1. The van der Waals surface area contributed by atoms with Gasteiger partial charge >= 0.3 is 5.97 Å². The van der Waals surface area contributed by atoms with Crippen molar-refractivity contribution in [3.05, 3.63) is 47.2 Å². The Bertz CT molecular complexity index is 506. The van der Waals surface area contributed by atoms with Crippen LogP contribution in [0.1, 0.15) is 32.8 Å². The number of aliphatic hydroxyl groups excluding tert-OH is 1. The highest BCUT2D eigenvalue weighted by molar-refractivity contribution is 6.25. The molecule has 0 heterocycles. The summed E-state index contributed by atoms with van der Waals surface area (Å²) in [6, 6.07) is 8.86. The number of nitrogens with one attached hydrogen (secondary N) is 1. The SMILES string of the molecule is CCOC(=O)/C(C(=N)c1ccccc1)=C(/O)C(C)CC. The summed E-state index contributed by atoms with van der Waals surface area (Å²) in [6.07, 6.45) is 0.677. The third kappa shape index (κ3) is 3.70. The van der Waals surface area contributed by atoms with E-state index in [4.69, 9.17) is 10.1 Å². The molecule has 2 N–H and O–H groups in total. The minimum atomic E-state index is -0.654. The van der Waals surface area contributed by atoms with Crippen LogP contribution in [0, 0.1) is 11.3 Å². The monoisotopic (exact) mass is 275 g/mol. The van der Waals surface area contributed by atoms with Gasteiger partial charge in [-0.15, -0.1) is 0 Å². The number of hydrogen-bond acceptors (Lipinski definition) is 4. The van der Waals surface area contributed by atoms with Crippen molar-refractivity contribution in [3.8, 4) is 0 Å². The summed E-state index contributed by atoms with van der Waals surface area (Å²) >= 11 is 0. The second-order valence-corrected chi connectivity index (χ2v) is 4.53. The highest BCUT2D eigenvalue weighted by Gasteiger charge is 2.24. The maximum atomic E-state index is 12.0. The van der Waals surface area contributed by atoms with Gasteiger partial charge in [0.2, 0.25) is 0 Å². The lowest BCUT2D eigenvalue weighted by atomic mass is 9.95. The Morgan fingerprint density at radius 1 is 1.30 bits per heavy atom. The second-order valence-electron chi connectivity index (χ2n) is 4.53. The van der Waals surface area contributed by atoms with Crippen LogP contribution in [0.25, 0.3) is 0 Å². The van der Waals surface area contributed by atoms with E-state index in [1.165, 1.54) is 0 Å². The fraction of sp³-hybridized carbons (Fsp3) is 0.375. The number of esters is 1. The van der Waals surface area contributed by atoms with E-state index in [9.17, 15) is 9.90 Å². The van der Waals surface area contributed by atoms with Crippen molar-refractivity contribution in [3.63, 3.8) is 0 Å². The average Bonchev–Trinajstić information content (AvgIpc) is 2.47. The largest absolute Gasteiger partial charge is 0.511 e. The number of rotatable bonds is 6. The van der Waals surface area contributed by atoms with Gasteiger partial charge in [0.25, 0.3) is 0 Å². The van der Waals surface area contributed by atoms with Crippen LogP contribution >= 0.6 is 0 Å². The molecule has 0 fully saturated rings. The Kier molecular flexibility index (Phi) is 5.97. The van der Waals surface area contributed by atoms with E-state index < -0.39 is 5.97 Å². The molecule has 1 rings (SSSR count). The molecule has 0 spiro atoms. The van der Waals surface area contributed by atoms with Crippen molar-refractivity contribution >= 4 is 11.7 Å². The van der Waals surface area contributed by atoms with E-state index in [1.54, 1.807) is 31.2 Å². The van der Waals surface area contributed by atoms with E-state index >= 15 is 0 Å². The van der Waals surface area contributed by atoms with Crippen molar-refractivity contribution in [2.45, 2.75) is 27.2 Å². The molecule has 0 bridgehead atoms. The van der Waals surface area contributed by atoms with E-state index in [1.807, 2.05) is 19.9 Å². The number of carbonyl (C=O) groups excluding carboxylic acids is 1. The molecular formula is C16H21NO3. The predicted octanol–water partition coefficient (Wildman–Crippen LogP) is 3.48. The topological polar surface area (TPSA) is 70.4 Å². The molecule has 1 aromatic carbocycles. The molecule has 0 saturated heterocycles. The highest BCUT2D eigenvalue weighted by atomic mass is 16.5. The molecule has 0 aliphatic carbocycles. The lowest BCUT2D eigenvalue weighted by Gasteiger charge is -2.15. The first-order valence-electron chi connectivity index (χ1n) is 6.77. The molecular weight excluding hydrogens is 254 g/mol. The Balaban J connectivity index is 3.25. The number of allylic oxidation sites excluding steroid dienone is 1. The fourth-order valence-corrected chi connectivity index (χ4v) is 1.73. The average molecular weight is 275 g/mol. The Morgan fingerprint density at radius 2 is 1.90 bits per heavy atom. The number of hydrogen-bond donors (Lipinski definition) is 2. The van der Waals surface area contributed by atoms with Crippen LogP contribution in [0.5, 0.6) is 0 Å². The van der Waals surface area contributed by atoms with Crippen molar-refractivity contribution in [1.29, 1.82) is 5.41 Å². The molecule has 0 amide bonds. The van der Waals surface area contributed by atoms with Crippen LogP contribution in [-0.4, -0.2) is 23.4 Å². The van der Waals surface area contributed by atoms with Gasteiger partial charge in [-0.2, -0.15) is 0 Å². The van der Waals surface area contributed by atoms with E-state index in [0.29, 0.717) is 12.0 Å². The van der Waals surface area contributed by atoms with E-state index in [0.717, 1.165) is 0 Å². The number of ether oxygens (including phenoxy) is 1. The number of benzene rings is 1. The molecule has 1 aromatic rings. The van der Waals surface area contributed by atoms with Gasteiger partial charge in [0, 0.05) is 11.5 Å². The maximum absolute atomic E-state index is 12.0. The molecule has 0 saturated carbocycles. The molecule has 1 unspecified atom stereocenters. The standard InChI is InChI=1S/C16H21NO3/c1-4-11(3)15(18)13(16(19)20-5-2)14(17)12-9-7-6-8-10-12/h6-11,17-18H,4-5H2,1-3H3/b15-13+,17-14?. The fourth-order valence-electron chi connectivity index (χ4n) is 1.73. The minimum Gasteiger partial charge on any atom is -0.511 e. The Morgan fingerprint density at radius 3 is 2.40 bits per heavy atom. The van der Waals surface area contributed by atoms with Crippen molar-refractivity contribution in [1.82, 2.24) is 0 Å². The number of carbonyl (C=O) groups is 1. The molecule has 20 heavy (non-hydrogen) atoms. The normalized spacial score (nSPS) is 13.3. The first-order chi connectivity index (χ1) is 9.52. The molecule has 108 valence electrons. The Hall–Kier alpha value is -2.10. The number of aliphatic hydroxyl groups is 1.